The van der Waals surface area contributed by atoms with E-state index in [-0.39, 0.29) is 11.7 Å². The van der Waals surface area contributed by atoms with Crippen LogP contribution < -0.4 is 10.6 Å². The second-order valence-electron chi connectivity index (χ2n) is 7.17. The average Bonchev–Trinajstić information content (AvgIpc) is 2.60. The van der Waals surface area contributed by atoms with Crippen LogP contribution in [-0.4, -0.2) is 22.6 Å². The number of aromatic nitrogens is 2. The zero-order chi connectivity index (χ0) is 17.8. The molecule has 0 saturated heterocycles. The predicted molar refractivity (Wildman–Crippen MR) is 98.3 cm³/mol. The third-order valence-corrected chi connectivity index (χ3v) is 4.68. The van der Waals surface area contributed by atoms with Gasteiger partial charge in [-0.15, -0.1) is 0 Å². The van der Waals surface area contributed by atoms with E-state index in [1.54, 1.807) is 6.20 Å². The molecule has 136 valence electrons. The van der Waals surface area contributed by atoms with Crippen LogP contribution in [0.1, 0.15) is 58.1 Å². The summed E-state index contributed by atoms with van der Waals surface area (Å²) in [5.74, 6) is 1.96. The smallest absolute Gasteiger partial charge is 0.280 e. The summed E-state index contributed by atoms with van der Waals surface area (Å²) in [5.41, 5.74) is -0.222. The number of halogens is 2. The van der Waals surface area contributed by atoms with Crippen molar-refractivity contribution in [1.29, 1.82) is 0 Å². The van der Waals surface area contributed by atoms with Gasteiger partial charge in [0.2, 0.25) is 0 Å². The van der Waals surface area contributed by atoms with Crippen molar-refractivity contribution >= 4 is 22.4 Å². The quantitative estimate of drug-likeness (QED) is 0.736. The fourth-order valence-corrected chi connectivity index (χ4v) is 3.40. The topological polar surface area (TPSA) is 49.8 Å². The lowest BCUT2D eigenvalue weighted by Gasteiger charge is -2.22. The minimum absolute atomic E-state index is 0.107. The zero-order valence-corrected chi connectivity index (χ0v) is 14.9. The molecule has 2 aromatic heterocycles. The number of fused-ring (bicyclic) bond motifs is 1. The highest BCUT2D eigenvalue weighted by molar-refractivity contribution is 5.93. The molecule has 3 rings (SSSR count). The van der Waals surface area contributed by atoms with Crippen molar-refractivity contribution in [3.05, 3.63) is 24.0 Å². The molecule has 2 aromatic rings. The normalized spacial score (nSPS) is 15.9. The van der Waals surface area contributed by atoms with Crippen molar-refractivity contribution in [2.45, 2.75) is 58.4 Å². The molecule has 0 spiro atoms. The highest BCUT2D eigenvalue weighted by atomic mass is 19.3. The third-order valence-electron chi connectivity index (χ3n) is 4.68. The van der Waals surface area contributed by atoms with Gasteiger partial charge < -0.3 is 10.6 Å². The summed E-state index contributed by atoms with van der Waals surface area (Å²) in [6, 6.07) is 3.43. The van der Waals surface area contributed by atoms with E-state index in [2.05, 4.69) is 20.6 Å². The molecule has 0 bridgehead atoms. The highest BCUT2D eigenvalue weighted by Gasteiger charge is 2.16. The highest BCUT2D eigenvalue weighted by Crippen LogP contribution is 2.29. The van der Waals surface area contributed by atoms with E-state index in [9.17, 15) is 8.78 Å². The predicted octanol–water partition coefficient (Wildman–Crippen LogP) is 5.38. The minimum Gasteiger partial charge on any atom is -0.370 e. The first-order valence-corrected chi connectivity index (χ1v) is 9.12. The van der Waals surface area contributed by atoms with Crippen LogP contribution in [-0.2, 0) is 0 Å². The van der Waals surface area contributed by atoms with Gasteiger partial charge in [0.05, 0.1) is 0 Å². The lowest BCUT2D eigenvalue weighted by molar-refractivity contribution is 0.146. The first-order chi connectivity index (χ1) is 12.0. The molecule has 1 saturated carbocycles. The van der Waals surface area contributed by atoms with Gasteiger partial charge in [-0.25, -0.2) is 18.7 Å². The van der Waals surface area contributed by atoms with Gasteiger partial charge in [-0.3, -0.25) is 0 Å². The van der Waals surface area contributed by atoms with Crippen LogP contribution in [0.3, 0.4) is 0 Å². The van der Waals surface area contributed by atoms with Crippen molar-refractivity contribution in [1.82, 2.24) is 9.97 Å². The summed E-state index contributed by atoms with van der Waals surface area (Å²) in [6.45, 7) is 4.84. The molecule has 0 amide bonds. The average molecular weight is 348 g/mol. The maximum absolute atomic E-state index is 13.1. The molecule has 0 atom stereocenters. The molecular formula is C19H26F2N4. The van der Waals surface area contributed by atoms with Crippen LogP contribution in [0.25, 0.3) is 10.8 Å². The van der Waals surface area contributed by atoms with Crippen molar-refractivity contribution in [3.8, 4) is 0 Å². The first-order valence-electron chi connectivity index (χ1n) is 9.12. The van der Waals surface area contributed by atoms with Crippen LogP contribution in [0.5, 0.6) is 0 Å². The standard InChI is InChI=1S/C19H26F2N4/c1-12(2)24-19-15-9-17(22-10-13-6-4-3-5-7-13)23-11-14(15)8-16(25-19)18(20)21/h8-9,11-13,18H,3-7,10H2,1-2H3,(H,22,23)(H,24,25). The van der Waals surface area contributed by atoms with Gasteiger partial charge in [0.15, 0.2) is 0 Å². The van der Waals surface area contributed by atoms with Crippen LogP contribution in [0.15, 0.2) is 18.3 Å². The van der Waals surface area contributed by atoms with Gasteiger partial charge >= 0.3 is 0 Å². The Morgan fingerprint density at radius 1 is 1.16 bits per heavy atom. The number of pyridine rings is 2. The molecule has 0 aromatic carbocycles. The molecule has 0 radical (unpaired) electrons. The Kier molecular flexibility index (Phi) is 5.66. The molecule has 2 heterocycles. The number of hydrogen-bond acceptors (Lipinski definition) is 4. The first kappa shape index (κ1) is 17.8. The van der Waals surface area contributed by atoms with Crippen molar-refractivity contribution in [2.75, 3.05) is 17.2 Å². The van der Waals surface area contributed by atoms with Gasteiger partial charge in [-0.1, -0.05) is 19.3 Å². The van der Waals surface area contributed by atoms with E-state index in [0.29, 0.717) is 17.1 Å². The largest absolute Gasteiger partial charge is 0.370 e. The van der Waals surface area contributed by atoms with E-state index in [4.69, 9.17) is 0 Å². The molecule has 0 unspecified atom stereocenters. The van der Waals surface area contributed by atoms with Crippen LogP contribution >= 0.6 is 0 Å². The maximum atomic E-state index is 13.1. The monoisotopic (exact) mass is 348 g/mol. The molecule has 0 aliphatic heterocycles. The van der Waals surface area contributed by atoms with Crippen molar-refractivity contribution in [3.63, 3.8) is 0 Å². The molecule has 6 heteroatoms. The molecule has 2 N–H and O–H groups in total. The summed E-state index contributed by atoms with van der Waals surface area (Å²) in [7, 11) is 0. The van der Waals surface area contributed by atoms with Crippen LogP contribution in [0, 0.1) is 5.92 Å². The SMILES string of the molecule is CC(C)Nc1nc(C(F)F)cc2cnc(NCC3CCCCC3)cc12. The minimum atomic E-state index is -2.60. The fraction of sp³-hybridized carbons (Fsp3) is 0.579. The van der Waals surface area contributed by atoms with Gasteiger partial charge in [0, 0.05) is 29.6 Å². The van der Waals surface area contributed by atoms with E-state index in [1.807, 2.05) is 19.9 Å². The van der Waals surface area contributed by atoms with E-state index in [0.717, 1.165) is 17.7 Å². The third kappa shape index (κ3) is 4.55. The van der Waals surface area contributed by atoms with Crippen LogP contribution in [0.4, 0.5) is 20.4 Å². The van der Waals surface area contributed by atoms with Crippen molar-refractivity contribution < 1.29 is 8.78 Å². The lowest BCUT2D eigenvalue weighted by Crippen LogP contribution is -2.17. The number of anilines is 2. The van der Waals surface area contributed by atoms with E-state index >= 15 is 0 Å². The summed E-state index contributed by atoms with van der Waals surface area (Å²) in [4.78, 5) is 8.52. The Morgan fingerprint density at radius 2 is 1.92 bits per heavy atom. The molecule has 1 aliphatic carbocycles. The molecule has 1 fully saturated rings. The summed E-state index contributed by atoms with van der Waals surface area (Å²) in [6.07, 6.45) is 5.53. The van der Waals surface area contributed by atoms with Gasteiger partial charge in [0.25, 0.3) is 6.43 Å². The Hall–Kier alpha value is -1.98. The number of nitrogens with zero attached hydrogens (tertiary/aromatic N) is 2. The second kappa shape index (κ2) is 7.93. The Bertz CT molecular complexity index is 712. The molecule has 25 heavy (non-hydrogen) atoms. The Morgan fingerprint density at radius 3 is 2.60 bits per heavy atom. The summed E-state index contributed by atoms with van der Waals surface area (Å²) < 4.78 is 26.2. The number of rotatable bonds is 6. The van der Waals surface area contributed by atoms with Gasteiger partial charge in [-0.05, 0) is 44.7 Å². The van der Waals surface area contributed by atoms with Crippen LogP contribution in [0.2, 0.25) is 0 Å². The van der Waals surface area contributed by atoms with Gasteiger partial charge in [0.1, 0.15) is 17.3 Å². The second-order valence-corrected chi connectivity index (χ2v) is 7.17. The zero-order valence-electron chi connectivity index (χ0n) is 14.9. The lowest BCUT2D eigenvalue weighted by atomic mass is 9.89. The summed E-state index contributed by atoms with van der Waals surface area (Å²) >= 11 is 0. The van der Waals surface area contributed by atoms with E-state index < -0.39 is 6.43 Å². The molecular weight excluding hydrogens is 322 g/mol. The Balaban J connectivity index is 1.85. The van der Waals surface area contributed by atoms with Gasteiger partial charge in [-0.2, -0.15) is 0 Å². The van der Waals surface area contributed by atoms with Crippen molar-refractivity contribution in [2.24, 2.45) is 5.92 Å². The number of alkyl halides is 2. The molecule has 1 aliphatic rings. The maximum Gasteiger partial charge on any atom is 0.280 e. The molecule has 4 nitrogen and oxygen atoms in total. The van der Waals surface area contributed by atoms with E-state index in [1.165, 1.54) is 38.2 Å². The number of hydrogen-bond donors (Lipinski definition) is 2. The Labute approximate surface area is 147 Å². The number of nitrogens with one attached hydrogen (secondary N) is 2. The summed E-state index contributed by atoms with van der Waals surface area (Å²) in [5, 5.41) is 8.08. The fourth-order valence-electron chi connectivity index (χ4n) is 3.40.